The first-order chi connectivity index (χ1) is 8.13. The van der Waals surface area contributed by atoms with Gasteiger partial charge in [0.2, 0.25) is 0 Å². The number of amidine groups is 1. The van der Waals surface area contributed by atoms with Crippen molar-refractivity contribution < 1.29 is 14.3 Å². The number of amides is 4. The number of carbonyl (C=O) groups excluding carboxylic acids is 2. The van der Waals surface area contributed by atoms with Gasteiger partial charge in [0.25, 0.3) is 0 Å². The van der Waals surface area contributed by atoms with Crippen molar-refractivity contribution in [3.63, 3.8) is 0 Å². The van der Waals surface area contributed by atoms with Crippen molar-refractivity contribution in [3.8, 4) is 0 Å². The fourth-order valence-corrected chi connectivity index (χ4v) is 0.902. The smallest absolute Gasteiger partial charge is 0.345 e. The Kier molecular flexibility index (Phi) is 9.27. The second-order valence-corrected chi connectivity index (χ2v) is 3.37. The van der Waals surface area contributed by atoms with Gasteiger partial charge < -0.3 is 15.4 Å². The molecule has 7 nitrogen and oxygen atoms in total. The number of halogens is 2. The minimum absolute atomic E-state index is 0.218. The van der Waals surface area contributed by atoms with Crippen LogP contribution in [0.25, 0.3) is 0 Å². The van der Waals surface area contributed by atoms with Crippen LogP contribution in [0, 0.1) is 0 Å². The first kappa shape index (κ1) is 15.8. The summed E-state index contributed by atoms with van der Waals surface area (Å²) in [5.41, 5.74) is 0. The molecule has 0 aromatic rings. The SMILES string of the molecule is COC(=NC(=O)NCCCl)NC(=O)NCCCl. The molecule has 3 N–H and O–H groups in total. The maximum atomic E-state index is 11.2. The van der Waals surface area contributed by atoms with E-state index < -0.39 is 12.1 Å². The molecular weight excluding hydrogens is 271 g/mol. The summed E-state index contributed by atoms with van der Waals surface area (Å²) in [6.07, 6.45) is 0. The number of alkyl halides is 2. The van der Waals surface area contributed by atoms with Crippen LogP contribution in [0.15, 0.2) is 4.99 Å². The minimum Gasteiger partial charge on any atom is -0.468 e. The third-order valence-corrected chi connectivity index (χ3v) is 1.75. The van der Waals surface area contributed by atoms with Gasteiger partial charge >= 0.3 is 18.1 Å². The van der Waals surface area contributed by atoms with Crippen LogP contribution in [-0.4, -0.2) is 50.0 Å². The number of hydrogen-bond acceptors (Lipinski definition) is 3. The van der Waals surface area contributed by atoms with Gasteiger partial charge in [0.05, 0.1) is 7.11 Å². The molecule has 0 radical (unpaired) electrons. The Balaban J connectivity index is 4.16. The summed E-state index contributed by atoms with van der Waals surface area (Å²) in [4.78, 5) is 25.8. The van der Waals surface area contributed by atoms with E-state index >= 15 is 0 Å². The van der Waals surface area contributed by atoms with Crippen LogP contribution in [-0.2, 0) is 4.74 Å². The molecule has 17 heavy (non-hydrogen) atoms. The van der Waals surface area contributed by atoms with Crippen LogP contribution >= 0.6 is 23.2 Å². The lowest BCUT2D eigenvalue weighted by molar-refractivity contribution is 0.242. The fourth-order valence-electron chi connectivity index (χ4n) is 0.713. The largest absolute Gasteiger partial charge is 0.468 e. The number of ether oxygens (including phenoxy) is 1. The van der Waals surface area contributed by atoms with Crippen molar-refractivity contribution in [2.75, 3.05) is 32.0 Å². The van der Waals surface area contributed by atoms with E-state index in [1.807, 2.05) is 0 Å². The van der Waals surface area contributed by atoms with E-state index in [-0.39, 0.29) is 24.3 Å². The van der Waals surface area contributed by atoms with Gasteiger partial charge in [0.15, 0.2) is 0 Å². The number of urea groups is 2. The van der Waals surface area contributed by atoms with Crippen LogP contribution in [0.3, 0.4) is 0 Å². The van der Waals surface area contributed by atoms with Crippen molar-refractivity contribution in [1.82, 2.24) is 16.0 Å². The summed E-state index contributed by atoms with van der Waals surface area (Å²) < 4.78 is 4.70. The monoisotopic (exact) mass is 284 g/mol. The molecule has 0 bridgehead atoms. The Hall–Kier alpha value is -1.21. The average Bonchev–Trinajstić information content (AvgIpc) is 2.32. The van der Waals surface area contributed by atoms with E-state index in [2.05, 4.69) is 20.9 Å². The van der Waals surface area contributed by atoms with Crippen molar-refractivity contribution in [2.24, 2.45) is 4.99 Å². The highest BCUT2D eigenvalue weighted by molar-refractivity contribution is 6.18. The number of rotatable bonds is 4. The van der Waals surface area contributed by atoms with Crippen LogP contribution in [0.2, 0.25) is 0 Å². The maximum absolute atomic E-state index is 11.2. The lowest BCUT2D eigenvalue weighted by Gasteiger charge is -2.07. The molecule has 9 heteroatoms. The van der Waals surface area contributed by atoms with Crippen LogP contribution in [0.4, 0.5) is 9.59 Å². The molecule has 0 heterocycles. The zero-order valence-electron chi connectivity index (χ0n) is 9.26. The maximum Gasteiger partial charge on any atom is 0.345 e. The highest BCUT2D eigenvalue weighted by Gasteiger charge is 2.07. The molecule has 0 spiro atoms. The van der Waals surface area contributed by atoms with Gasteiger partial charge in [-0.1, -0.05) is 0 Å². The number of carbonyl (C=O) groups is 2. The Bertz CT molecular complexity index is 286. The normalized spacial score (nSPS) is 10.6. The van der Waals surface area contributed by atoms with Crippen LogP contribution < -0.4 is 16.0 Å². The lowest BCUT2D eigenvalue weighted by Crippen LogP contribution is -2.41. The molecule has 0 aliphatic carbocycles. The number of methoxy groups -OCH3 is 1. The second kappa shape index (κ2) is 9.98. The molecule has 4 amide bonds. The molecule has 0 unspecified atom stereocenters. The Labute approximate surface area is 109 Å². The second-order valence-electron chi connectivity index (χ2n) is 2.61. The lowest BCUT2D eigenvalue weighted by atomic mass is 10.7. The van der Waals surface area contributed by atoms with Gasteiger partial charge in [-0.2, -0.15) is 0 Å². The first-order valence-corrected chi connectivity index (χ1v) is 5.78. The zero-order chi connectivity index (χ0) is 13.1. The van der Waals surface area contributed by atoms with Crippen molar-refractivity contribution in [3.05, 3.63) is 0 Å². The van der Waals surface area contributed by atoms with E-state index in [9.17, 15) is 9.59 Å². The third-order valence-electron chi connectivity index (χ3n) is 1.37. The Morgan fingerprint density at radius 1 is 1.18 bits per heavy atom. The summed E-state index contributed by atoms with van der Waals surface area (Å²) in [7, 11) is 1.27. The molecule has 98 valence electrons. The molecule has 0 saturated carbocycles. The van der Waals surface area contributed by atoms with Gasteiger partial charge in [-0.3, -0.25) is 5.32 Å². The van der Waals surface area contributed by atoms with E-state index in [0.29, 0.717) is 6.54 Å². The Morgan fingerprint density at radius 3 is 2.29 bits per heavy atom. The molecule has 0 aliphatic rings. The van der Waals surface area contributed by atoms with Crippen LogP contribution in [0.1, 0.15) is 0 Å². The summed E-state index contributed by atoms with van der Waals surface area (Å²) in [6.45, 7) is 0.572. The van der Waals surface area contributed by atoms with Gasteiger partial charge in [-0.05, 0) is 0 Å². The van der Waals surface area contributed by atoms with Gasteiger partial charge in [0, 0.05) is 24.8 Å². The van der Waals surface area contributed by atoms with E-state index in [0.717, 1.165) is 0 Å². The summed E-state index contributed by atoms with van der Waals surface area (Å²) in [6, 6.07) is -1.43. The molecule has 0 rings (SSSR count). The third kappa shape index (κ3) is 8.58. The summed E-state index contributed by atoms with van der Waals surface area (Å²) in [5, 5.41) is 7.03. The summed E-state index contributed by atoms with van der Waals surface area (Å²) in [5.74, 6) is 0.552. The number of aliphatic imine (C=N–C) groups is 1. The van der Waals surface area contributed by atoms with E-state index in [4.69, 9.17) is 27.9 Å². The molecule has 0 aromatic heterocycles. The molecule has 0 atom stereocenters. The molecule has 0 aliphatic heterocycles. The number of nitrogens with zero attached hydrogens (tertiary/aromatic N) is 1. The quantitative estimate of drug-likeness (QED) is 0.398. The fraction of sp³-hybridized carbons (Fsp3) is 0.625. The highest BCUT2D eigenvalue weighted by atomic mass is 35.5. The van der Waals surface area contributed by atoms with Crippen LogP contribution in [0.5, 0.6) is 0 Å². The van der Waals surface area contributed by atoms with Gasteiger partial charge in [-0.15, -0.1) is 28.2 Å². The minimum atomic E-state index is -0.653. The molecule has 0 aromatic carbocycles. The van der Waals surface area contributed by atoms with Crippen molar-refractivity contribution in [1.29, 1.82) is 0 Å². The Morgan fingerprint density at radius 2 is 1.76 bits per heavy atom. The number of nitrogens with one attached hydrogen (secondary N) is 3. The molecule has 0 saturated heterocycles. The predicted octanol–water partition coefficient (Wildman–Crippen LogP) is 0.475. The van der Waals surface area contributed by atoms with Gasteiger partial charge in [0.1, 0.15) is 0 Å². The topological polar surface area (TPSA) is 91.8 Å². The molecule has 0 fully saturated rings. The summed E-state index contributed by atoms with van der Waals surface area (Å²) >= 11 is 10.7. The van der Waals surface area contributed by atoms with Crippen molar-refractivity contribution in [2.45, 2.75) is 0 Å². The zero-order valence-corrected chi connectivity index (χ0v) is 10.8. The van der Waals surface area contributed by atoms with E-state index in [1.165, 1.54) is 7.11 Å². The number of hydrogen-bond donors (Lipinski definition) is 3. The highest BCUT2D eigenvalue weighted by Crippen LogP contribution is 1.81. The standard InChI is InChI=1S/C8H14Cl2N4O3/c1-17-8(13-6(15)11-4-2-9)14-7(16)12-5-3-10/h2-5H2,1H3,(H3,11,12,13,14,15,16). The predicted molar refractivity (Wildman–Crippen MR) is 65.8 cm³/mol. The first-order valence-electron chi connectivity index (χ1n) is 4.71. The average molecular weight is 285 g/mol. The van der Waals surface area contributed by atoms with Gasteiger partial charge in [-0.25, -0.2) is 9.59 Å². The van der Waals surface area contributed by atoms with E-state index in [1.54, 1.807) is 0 Å². The van der Waals surface area contributed by atoms with Crippen molar-refractivity contribution >= 4 is 41.3 Å². The molecular formula is C8H14Cl2N4O3.